The van der Waals surface area contributed by atoms with E-state index in [1.54, 1.807) is 18.2 Å². The zero-order valence-electron chi connectivity index (χ0n) is 18.5. The Hall–Kier alpha value is -2.29. The van der Waals surface area contributed by atoms with E-state index in [-0.39, 0.29) is 22.1 Å². The van der Waals surface area contributed by atoms with Gasteiger partial charge in [-0.1, -0.05) is 17.7 Å². The van der Waals surface area contributed by atoms with Crippen LogP contribution >= 0.6 is 11.6 Å². The second-order valence-corrected chi connectivity index (χ2v) is 9.78. The lowest BCUT2D eigenvalue weighted by atomic mass is 10.2. The number of halogens is 1. The van der Waals surface area contributed by atoms with E-state index in [2.05, 4.69) is 42.6 Å². The molecule has 0 aliphatic rings. The first kappa shape index (κ1) is 25.0. The molecule has 170 valence electrons. The Morgan fingerprint density at radius 3 is 2.39 bits per heavy atom. The molecule has 2 N–H and O–H groups in total. The van der Waals surface area contributed by atoms with Crippen molar-refractivity contribution in [3.05, 3.63) is 53.1 Å². The van der Waals surface area contributed by atoms with Crippen LogP contribution in [0.5, 0.6) is 5.75 Å². The molecule has 0 heterocycles. The van der Waals surface area contributed by atoms with Crippen LogP contribution in [0.15, 0.2) is 47.4 Å². The van der Waals surface area contributed by atoms with Crippen molar-refractivity contribution in [1.82, 2.24) is 10.2 Å². The fourth-order valence-corrected chi connectivity index (χ4v) is 4.56. The summed E-state index contributed by atoms with van der Waals surface area (Å²) >= 11 is 5.98. The van der Waals surface area contributed by atoms with E-state index in [0.29, 0.717) is 35.9 Å². The van der Waals surface area contributed by atoms with Gasteiger partial charge in [0.15, 0.2) is 0 Å². The third-order valence-corrected chi connectivity index (χ3v) is 6.39. The highest BCUT2D eigenvalue weighted by Crippen LogP contribution is 2.29. The van der Waals surface area contributed by atoms with Gasteiger partial charge >= 0.3 is 0 Å². The van der Waals surface area contributed by atoms with Gasteiger partial charge in [-0.2, -0.15) is 0 Å². The first-order valence-electron chi connectivity index (χ1n) is 10.1. The van der Waals surface area contributed by atoms with Crippen molar-refractivity contribution in [2.75, 3.05) is 24.9 Å². The number of nitrogens with zero attached hydrogens (tertiary/aromatic N) is 1. The Morgan fingerprint density at radius 1 is 1.10 bits per heavy atom. The minimum absolute atomic E-state index is 0.0341. The number of anilines is 1. The number of benzene rings is 2. The minimum Gasteiger partial charge on any atom is -0.495 e. The second kappa shape index (κ2) is 10.8. The van der Waals surface area contributed by atoms with Crippen molar-refractivity contribution in [3.8, 4) is 5.75 Å². The number of nitrogens with one attached hydrogen (secondary N) is 2. The van der Waals surface area contributed by atoms with E-state index in [9.17, 15) is 13.2 Å². The number of hydrogen-bond donors (Lipinski definition) is 2. The van der Waals surface area contributed by atoms with E-state index in [1.807, 2.05) is 0 Å². The molecule has 0 unspecified atom stereocenters. The van der Waals surface area contributed by atoms with Crippen LogP contribution in [0.25, 0.3) is 0 Å². The molecule has 0 aliphatic heterocycles. The van der Waals surface area contributed by atoms with E-state index < -0.39 is 10.0 Å². The van der Waals surface area contributed by atoms with Crippen LogP contribution in [0.4, 0.5) is 5.69 Å². The van der Waals surface area contributed by atoms with Gasteiger partial charge in [-0.15, -0.1) is 0 Å². The third kappa shape index (κ3) is 6.85. The Morgan fingerprint density at radius 2 is 1.77 bits per heavy atom. The molecule has 7 nitrogen and oxygen atoms in total. The van der Waals surface area contributed by atoms with Crippen molar-refractivity contribution in [2.24, 2.45) is 0 Å². The molecule has 1 amide bonds. The molecule has 2 rings (SSSR count). The quantitative estimate of drug-likeness (QED) is 0.551. The summed E-state index contributed by atoms with van der Waals surface area (Å²) < 4.78 is 33.4. The Kier molecular flexibility index (Phi) is 8.73. The van der Waals surface area contributed by atoms with Crippen molar-refractivity contribution in [3.63, 3.8) is 0 Å². The molecular weight excluding hydrogens is 438 g/mol. The Bertz CT molecular complexity index is 1000. The number of ether oxygens (including phenoxy) is 1. The normalized spacial score (nSPS) is 11.8. The van der Waals surface area contributed by atoms with Crippen LogP contribution in [-0.2, 0) is 10.0 Å². The molecule has 31 heavy (non-hydrogen) atoms. The summed E-state index contributed by atoms with van der Waals surface area (Å²) in [6.45, 7) is 9.60. The average molecular weight is 468 g/mol. The summed E-state index contributed by atoms with van der Waals surface area (Å²) in [6, 6.07) is 11.2. The summed E-state index contributed by atoms with van der Waals surface area (Å²) in [5, 5.41) is 3.22. The van der Waals surface area contributed by atoms with Gasteiger partial charge in [-0.05, 0) is 64.1 Å². The molecule has 9 heteroatoms. The van der Waals surface area contributed by atoms with Gasteiger partial charge in [-0.3, -0.25) is 14.4 Å². The maximum Gasteiger partial charge on any atom is 0.262 e. The molecule has 0 spiro atoms. The SMILES string of the molecule is COc1ccc(Cl)cc1NS(=O)(=O)c1cccc(C(=O)NCCN(C(C)C)C(C)C)c1. The molecule has 0 aromatic heterocycles. The van der Waals surface area contributed by atoms with Gasteiger partial charge in [0.05, 0.1) is 17.7 Å². The molecule has 0 fully saturated rings. The monoisotopic (exact) mass is 467 g/mol. The first-order valence-corrected chi connectivity index (χ1v) is 11.9. The standard InChI is InChI=1S/C22H30ClN3O4S/c1-15(2)26(16(3)4)12-11-24-22(27)17-7-6-8-19(13-17)31(28,29)25-20-14-18(23)9-10-21(20)30-5/h6-10,13-16,25H,11-12H2,1-5H3,(H,24,27). The molecule has 0 saturated heterocycles. The highest BCUT2D eigenvalue weighted by Gasteiger charge is 2.19. The summed E-state index contributed by atoms with van der Waals surface area (Å²) in [7, 11) is -2.52. The lowest BCUT2D eigenvalue weighted by molar-refractivity contribution is 0.0939. The van der Waals surface area contributed by atoms with E-state index in [4.69, 9.17) is 16.3 Å². The van der Waals surface area contributed by atoms with Gasteiger partial charge in [0.25, 0.3) is 15.9 Å². The smallest absolute Gasteiger partial charge is 0.262 e. The zero-order chi connectivity index (χ0) is 23.2. The molecule has 0 radical (unpaired) electrons. The molecular formula is C22H30ClN3O4S. The molecule has 2 aromatic carbocycles. The predicted octanol–water partition coefficient (Wildman–Crippen LogP) is 4.00. The Balaban J connectivity index is 2.13. The third-order valence-electron chi connectivity index (χ3n) is 4.79. The van der Waals surface area contributed by atoms with Crippen molar-refractivity contribution in [1.29, 1.82) is 0 Å². The molecule has 0 atom stereocenters. The summed E-state index contributed by atoms with van der Waals surface area (Å²) in [4.78, 5) is 14.8. The van der Waals surface area contributed by atoms with E-state index >= 15 is 0 Å². The summed E-state index contributed by atoms with van der Waals surface area (Å²) in [5.74, 6) is 0.00609. The number of sulfonamides is 1. The average Bonchev–Trinajstić information content (AvgIpc) is 2.70. The number of methoxy groups -OCH3 is 1. The van der Waals surface area contributed by atoms with E-state index in [0.717, 1.165) is 0 Å². The molecule has 0 aliphatic carbocycles. The number of carbonyl (C=O) groups excluding carboxylic acids is 1. The highest BCUT2D eigenvalue weighted by molar-refractivity contribution is 7.92. The largest absolute Gasteiger partial charge is 0.495 e. The lowest BCUT2D eigenvalue weighted by Gasteiger charge is -2.30. The maximum atomic E-state index is 12.9. The summed E-state index contributed by atoms with van der Waals surface area (Å²) in [5.41, 5.74) is 0.480. The predicted molar refractivity (Wildman–Crippen MR) is 125 cm³/mol. The van der Waals surface area contributed by atoms with Crippen LogP contribution in [0, 0.1) is 0 Å². The number of hydrogen-bond acceptors (Lipinski definition) is 5. The van der Waals surface area contributed by atoms with E-state index in [1.165, 1.54) is 31.4 Å². The van der Waals surface area contributed by atoms with Crippen LogP contribution in [-0.4, -0.2) is 51.5 Å². The van der Waals surface area contributed by atoms with Gasteiger partial charge in [0.2, 0.25) is 0 Å². The fourth-order valence-electron chi connectivity index (χ4n) is 3.28. The first-order chi connectivity index (χ1) is 14.5. The van der Waals surface area contributed by atoms with Gasteiger partial charge in [0, 0.05) is 35.8 Å². The van der Waals surface area contributed by atoms with Crippen LogP contribution in [0.2, 0.25) is 5.02 Å². The topological polar surface area (TPSA) is 87.7 Å². The van der Waals surface area contributed by atoms with Crippen LogP contribution in [0.3, 0.4) is 0 Å². The summed E-state index contributed by atoms with van der Waals surface area (Å²) in [6.07, 6.45) is 0. The number of rotatable bonds is 10. The van der Waals surface area contributed by atoms with Crippen molar-refractivity contribution < 1.29 is 17.9 Å². The number of amides is 1. The molecule has 0 saturated carbocycles. The van der Waals surface area contributed by atoms with Gasteiger partial charge in [0.1, 0.15) is 5.75 Å². The van der Waals surface area contributed by atoms with Gasteiger partial charge < -0.3 is 10.1 Å². The van der Waals surface area contributed by atoms with Crippen molar-refractivity contribution >= 4 is 33.2 Å². The molecule has 2 aromatic rings. The highest BCUT2D eigenvalue weighted by atomic mass is 35.5. The van der Waals surface area contributed by atoms with Crippen LogP contribution < -0.4 is 14.8 Å². The Labute approximate surface area is 189 Å². The van der Waals surface area contributed by atoms with Crippen molar-refractivity contribution in [2.45, 2.75) is 44.7 Å². The van der Waals surface area contributed by atoms with Gasteiger partial charge in [-0.25, -0.2) is 8.42 Å². The van der Waals surface area contributed by atoms with Crippen LogP contribution in [0.1, 0.15) is 38.1 Å². The zero-order valence-corrected chi connectivity index (χ0v) is 20.0. The lowest BCUT2D eigenvalue weighted by Crippen LogP contribution is -2.42. The number of carbonyl (C=O) groups is 1. The second-order valence-electron chi connectivity index (χ2n) is 7.66. The fraction of sp³-hybridized carbons (Fsp3) is 0.409. The minimum atomic E-state index is -3.95. The molecule has 0 bridgehead atoms. The maximum absolute atomic E-state index is 12.9.